The number of piperidine rings is 1. The van der Waals surface area contributed by atoms with Crippen molar-refractivity contribution in [2.24, 2.45) is 11.8 Å². The van der Waals surface area contributed by atoms with Gasteiger partial charge in [0.2, 0.25) is 5.91 Å². The molecule has 1 amide bonds. The number of aromatic nitrogens is 2. The molecule has 2 unspecified atom stereocenters. The number of carbonyl (C=O) groups excluding carboxylic acids is 1. The number of rotatable bonds is 5. The lowest BCUT2D eigenvalue weighted by Gasteiger charge is -2.35. The Hall–Kier alpha value is -2.14. The van der Waals surface area contributed by atoms with Crippen LogP contribution in [0.4, 0.5) is 0 Å². The van der Waals surface area contributed by atoms with Crippen LogP contribution < -0.4 is 0 Å². The second kappa shape index (κ2) is 7.83. The molecular weight excluding hydrogens is 312 g/mol. The number of likely N-dealkylation sites (tertiary alicyclic amines) is 1. The van der Waals surface area contributed by atoms with Crippen LogP contribution in [0.3, 0.4) is 0 Å². The van der Waals surface area contributed by atoms with Crippen LogP contribution in [0.25, 0.3) is 5.69 Å². The first-order chi connectivity index (χ1) is 12.0. The largest absolute Gasteiger partial charge is 0.341 e. The number of nitrogens with zero attached hydrogens (tertiary/aromatic N) is 4. The van der Waals surface area contributed by atoms with Gasteiger partial charge in [0, 0.05) is 31.4 Å². The van der Waals surface area contributed by atoms with E-state index < -0.39 is 0 Å². The number of hydrogen-bond acceptors (Lipinski definition) is 3. The van der Waals surface area contributed by atoms with Crippen LogP contribution in [0.5, 0.6) is 0 Å². The van der Waals surface area contributed by atoms with E-state index in [-0.39, 0.29) is 5.91 Å². The maximum Gasteiger partial charge on any atom is 0.236 e. The Balaban J connectivity index is 1.55. The van der Waals surface area contributed by atoms with E-state index in [9.17, 15) is 4.79 Å². The molecule has 3 rings (SSSR count). The van der Waals surface area contributed by atoms with Crippen molar-refractivity contribution < 1.29 is 4.79 Å². The van der Waals surface area contributed by atoms with Crippen LogP contribution in [0.2, 0.25) is 0 Å². The maximum absolute atomic E-state index is 12.6. The van der Waals surface area contributed by atoms with Gasteiger partial charge in [-0.1, -0.05) is 32.0 Å². The predicted molar refractivity (Wildman–Crippen MR) is 99.4 cm³/mol. The molecule has 5 heteroatoms. The fourth-order valence-corrected chi connectivity index (χ4v) is 3.73. The van der Waals surface area contributed by atoms with Crippen LogP contribution >= 0.6 is 0 Å². The summed E-state index contributed by atoms with van der Waals surface area (Å²) in [4.78, 5) is 16.7. The van der Waals surface area contributed by atoms with Crippen molar-refractivity contribution >= 4 is 5.91 Å². The molecule has 0 spiro atoms. The van der Waals surface area contributed by atoms with Gasteiger partial charge in [-0.25, -0.2) is 4.68 Å². The summed E-state index contributed by atoms with van der Waals surface area (Å²) in [6.07, 6.45) is 5.12. The fraction of sp³-hybridized carbons (Fsp3) is 0.500. The highest BCUT2D eigenvalue weighted by molar-refractivity contribution is 5.78. The summed E-state index contributed by atoms with van der Waals surface area (Å²) >= 11 is 0. The van der Waals surface area contributed by atoms with E-state index in [1.807, 2.05) is 59.4 Å². The minimum atomic E-state index is 0.233. The monoisotopic (exact) mass is 340 g/mol. The molecular formula is C20H28N4O. The lowest BCUT2D eigenvalue weighted by molar-refractivity contribution is -0.134. The van der Waals surface area contributed by atoms with Crippen LogP contribution in [0.15, 0.2) is 42.7 Å². The van der Waals surface area contributed by atoms with Gasteiger partial charge in [0.15, 0.2) is 0 Å². The first-order valence-electron chi connectivity index (χ1n) is 9.06. The first-order valence-corrected chi connectivity index (χ1v) is 9.06. The predicted octanol–water partition coefficient (Wildman–Crippen LogP) is 2.81. The average molecular weight is 340 g/mol. The van der Waals surface area contributed by atoms with Crippen LogP contribution in [-0.2, 0) is 11.3 Å². The molecule has 2 heterocycles. The molecule has 2 atom stereocenters. The topological polar surface area (TPSA) is 41.4 Å². The van der Waals surface area contributed by atoms with Crippen LogP contribution in [0, 0.1) is 11.8 Å². The van der Waals surface area contributed by atoms with Crippen molar-refractivity contribution in [1.29, 1.82) is 0 Å². The molecule has 1 aromatic carbocycles. The highest BCUT2D eigenvalue weighted by Gasteiger charge is 2.25. The van der Waals surface area contributed by atoms with Gasteiger partial charge >= 0.3 is 0 Å². The van der Waals surface area contributed by atoms with Crippen molar-refractivity contribution in [2.45, 2.75) is 26.8 Å². The fourth-order valence-electron chi connectivity index (χ4n) is 3.73. The maximum atomic E-state index is 12.6. The lowest BCUT2D eigenvalue weighted by Crippen LogP contribution is -2.46. The Bertz CT molecular complexity index is 687. The molecule has 5 nitrogen and oxygen atoms in total. The first kappa shape index (κ1) is 17.7. The Morgan fingerprint density at radius 2 is 1.88 bits per heavy atom. The molecule has 0 aliphatic carbocycles. The minimum Gasteiger partial charge on any atom is -0.341 e. The molecule has 2 aromatic rings. The molecule has 134 valence electrons. The number of benzene rings is 1. The van der Waals surface area contributed by atoms with Gasteiger partial charge in [-0.3, -0.25) is 9.69 Å². The molecule has 1 saturated heterocycles. The third kappa shape index (κ3) is 4.69. The van der Waals surface area contributed by atoms with Crippen molar-refractivity contribution in [3.63, 3.8) is 0 Å². The molecule has 0 saturated carbocycles. The van der Waals surface area contributed by atoms with Gasteiger partial charge in [-0.05, 0) is 37.4 Å². The van der Waals surface area contributed by atoms with Gasteiger partial charge in [0.1, 0.15) is 0 Å². The number of amides is 1. The van der Waals surface area contributed by atoms with Crippen molar-refractivity contribution in [2.75, 3.05) is 26.7 Å². The zero-order valence-corrected chi connectivity index (χ0v) is 15.4. The summed E-state index contributed by atoms with van der Waals surface area (Å²) in [6, 6.07) is 10.1. The van der Waals surface area contributed by atoms with Gasteiger partial charge in [-0.15, -0.1) is 0 Å². The zero-order chi connectivity index (χ0) is 17.8. The van der Waals surface area contributed by atoms with Gasteiger partial charge < -0.3 is 4.90 Å². The standard InChI is InChI=1S/C20H28N4O/c1-16-9-17(2)12-23(11-16)20(25)15-22(3)13-18-10-21-24(14-18)19-7-5-4-6-8-19/h4-8,10,14,16-17H,9,11-13,15H2,1-3H3. The summed E-state index contributed by atoms with van der Waals surface area (Å²) in [6.45, 7) is 7.43. The number of carbonyl (C=O) groups is 1. The zero-order valence-electron chi connectivity index (χ0n) is 15.4. The second-order valence-electron chi connectivity index (χ2n) is 7.55. The third-order valence-electron chi connectivity index (χ3n) is 4.74. The van der Waals surface area contributed by atoms with Gasteiger partial charge in [0.25, 0.3) is 0 Å². The van der Waals surface area contributed by atoms with E-state index in [4.69, 9.17) is 0 Å². The molecule has 0 N–H and O–H groups in total. The van der Waals surface area contributed by atoms with E-state index in [2.05, 4.69) is 23.8 Å². The molecule has 1 aliphatic rings. The third-order valence-corrected chi connectivity index (χ3v) is 4.74. The summed E-state index contributed by atoms with van der Waals surface area (Å²) in [7, 11) is 1.99. The molecule has 1 aliphatic heterocycles. The number of hydrogen-bond donors (Lipinski definition) is 0. The Labute approximate surface area is 150 Å². The number of likely N-dealkylation sites (N-methyl/N-ethyl adjacent to an activating group) is 1. The quantitative estimate of drug-likeness (QED) is 0.840. The van der Waals surface area contributed by atoms with Crippen molar-refractivity contribution in [3.8, 4) is 5.69 Å². The number of para-hydroxylation sites is 1. The summed E-state index contributed by atoms with van der Waals surface area (Å²) in [5.74, 6) is 1.43. The molecule has 0 bridgehead atoms. The highest BCUT2D eigenvalue weighted by atomic mass is 16.2. The van der Waals surface area contributed by atoms with Gasteiger partial charge in [0.05, 0.1) is 18.4 Å². The Kier molecular flexibility index (Phi) is 5.53. The molecule has 0 radical (unpaired) electrons. The van der Waals surface area contributed by atoms with E-state index in [1.165, 1.54) is 6.42 Å². The molecule has 1 fully saturated rings. The van der Waals surface area contributed by atoms with E-state index >= 15 is 0 Å². The second-order valence-corrected chi connectivity index (χ2v) is 7.55. The summed E-state index contributed by atoms with van der Waals surface area (Å²) < 4.78 is 1.87. The smallest absolute Gasteiger partial charge is 0.236 e. The van der Waals surface area contributed by atoms with Crippen molar-refractivity contribution in [3.05, 3.63) is 48.3 Å². The SMILES string of the molecule is CC1CC(C)CN(C(=O)CN(C)Cc2cnn(-c3ccccc3)c2)C1. The van der Waals surface area contributed by atoms with Gasteiger partial charge in [-0.2, -0.15) is 5.10 Å². The normalized spacial score (nSPS) is 20.9. The molecule has 25 heavy (non-hydrogen) atoms. The van der Waals surface area contributed by atoms with E-state index in [0.717, 1.165) is 30.9 Å². The van der Waals surface area contributed by atoms with E-state index in [1.54, 1.807) is 0 Å². The Morgan fingerprint density at radius 1 is 1.20 bits per heavy atom. The summed E-state index contributed by atoms with van der Waals surface area (Å²) in [5.41, 5.74) is 2.16. The average Bonchev–Trinajstić information content (AvgIpc) is 3.03. The molecule has 1 aromatic heterocycles. The van der Waals surface area contributed by atoms with Crippen LogP contribution in [-0.4, -0.2) is 52.2 Å². The van der Waals surface area contributed by atoms with E-state index in [0.29, 0.717) is 18.4 Å². The summed E-state index contributed by atoms with van der Waals surface area (Å²) in [5, 5.41) is 4.42. The highest BCUT2D eigenvalue weighted by Crippen LogP contribution is 2.21. The Morgan fingerprint density at radius 3 is 2.56 bits per heavy atom. The minimum absolute atomic E-state index is 0.233. The van der Waals surface area contributed by atoms with Crippen molar-refractivity contribution in [1.82, 2.24) is 19.6 Å². The lowest BCUT2D eigenvalue weighted by atomic mass is 9.92. The van der Waals surface area contributed by atoms with Crippen LogP contribution in [0.1, 0.15) is 25.8 Å².